The molecular weight excluding hydrogens is 171 g/mol. The predicted molar refractivity (Wildman–Crippen MR) is 56.9 cm³/mol. The molecular formula is C8H19BO2S. The number of thiol groups is 1. The number of rotatable bonds is 1. The highest BCUT2D eigenvalue weighted by atomic mass is 32.2. The molecule has 0 aliphatic carbocycles. The summed E-state index contributed by atoms with van der Waals surface area (Å²) in [4.78, 5) is 0. The molecule has 2 nitrogen and oxygen atoms in total. The quantitative estimate of drug-likeness (QED) is 0.502. The molecule has 1 aliphatic rings. The highest BCUT2D eigenvalue weighted by Gasteiger charge is 2.51. The largest absolute Gasteiger partial charge is 0.512 e. The van der Waals surface area contributed by atoms with E-state index in [0.29, 0.717) is 0 Å². The lowest BCUT2D eigenvalue weighted by molar-refractivity contribution is 0.00578. The molecule has 4 heteroatoms. The van der Waals surface area contributed by atoms with E-state index in [2.05, 4.69) is 40.2 Å². The molecule has 0 atom stereocenters. The van der Waals surface area contributed by atoms with Crippen LogP contribution in [-0.2, 0) is 9.31 Å². The van der Waals surface area contributed by atoms with Crippen LogP contribution in [0.25, 0.3) is 0 Å². The van der Waals surface area contributed by atoms with Crippen molar-refractivity contribution in [3.63, 3.8) is 0 Å². The SMILES string of the molecule is C[SH](C)B1OC(C)(C)C(C)(C)O1. The molecule has 1 rings (SSSR count). The maximum absolute atomic E-state index is 5.83. The van der Waals surface area contributed by atoms with Crippen LogP contribution in [0.4, 0.5) is 0 Å². The molecule has 1 saturated heterocycles. The van der Waals surface area contributed by atoms with Crippen LogP contribution in [0.15, 0.2) is 0 Å². The van der Waals surface area contributed by atoms with E-state index in [1.807, 2.05) is 0 Å². The third-order valence-electron chi connectivity index (χ3n) is 2.66. The summed E-state index contributed by atoms with van der Waals surface area (Å²) in [6, 6.07) is 0. The summed E-state index contributed by atoms with van der Waals surface area (Å²) in [6.45, 7) is 8.36. The smallest absolute Gasteiger partial charge is 0.395 e. The summed E-state index contributed by atoms with van der Waals surface area (Å²) in [5.41, 5.74) is -0.325. The van der Waals surface area contributed by atoms with E-state index in [-0.39, 0.29) is 28.3 Å². The summed E-state index contributed by atoms with van der Waals surface area (Å²) in [5, 5.41) is 0. The lowest BCUT2D eigenvalue weighted by Gasteiger charge is -2.32. The monoisotopic (exact) mass is 190 g/mol. The van der Waals surface area contributed by atoms with Crippen LogP contribution in [0.5, 0.6) is 0 Å². The van der Waals surface area contributed by atoms with Gasteiger partial charge in [0.15, 0.2) is 0 Å². The maximum Gasteiger partial charge on any atom is 0.512 e. The van der Waals surface area contributed by atoms with Crippen molar-refractivity contribution < 1.29 is 9.31 Å². The normalized spacial score (nSPS) is 27.5. The van der Waals surface area contributed by atoms with Gasteiger partial charge in [-0.2, -0.15) is 0 Å². The fraction of sp³-hybridized carbons (Fsp3) is 1.00. The lowest BCUT2D eigenvalue weighted by atomic mass is 9.90. The third-order valence-corrected chi connectivity index (χ3v) is 3.72. The van der Waals surface area contributed by atoms with Gasteiger partial charge in [0, 0.05) is 0 Å². The summed E-state index contributed by atoms with van der Waals surface area (Å²) in [6.07, 6.45) is 4.37. The Balaban J connectivity index is 2.74. The van der Waals surface area contributed by atoms with Gasteiger partial charge in [-0.1, -0.05) is 0 Å². The second kappa shape index (κ2) is 2.93. The van der Waals surface area contributed by atoms with E-state index in [1.165, 1.54) is 0 Å². The minimum atomic E-state index is -0.163. The Morgan fingerprint density at radius 1 is 0.917 bits per heavy atom. The summed E-state index contributed by atoms with van der Waals surface area (Å²) < 4.78 is 11.7. The van der Waals surface area contributed by atoms with Crippen molar-refractivity contribution in [2.45, 2.75) is 38.9 Å². The Morgan fingerprint density at radius 3 is 1.42 bits per heavy atom. The standard InChI is InChI=1S/C8H19BO2S/c1-7(2)8(3,4)11-9(10-7)12(5)6/h12H,1-6H3. The summed E-state index contributed by atoms with van der Waals surface area (Å²) in [5.74, 6) is 0. The van der Waals surface area contributed by atoms with Crippen LogP contribution in [0.3, 0.4) is 0 Å². The molecule has 0 aromatic heterocycles. The third kappa shape index (κ3) is 1.65. The second-order valence-electron chi connectivity index (χ2n) is 4.53. The zero-order valence-corrected chi connectivity index (χ0v) is 9.74. The van der Waals surface area contributed by atoms with Gasteiger partial charge in [0.1, 0.15) is 0 Å². The van der Waals surface area contributed by atoms with E-state index >= 15 is 0 Å². The van der Waals surface area contributed by atoms with E-state index in [4.69, 9.17) is 9.31 Å². The topological polar surface area (TPSA) is 18.5 Å². The summed E-state index contributed by atoms with van der Waals surface area (Å²) in [7, 11) is -0.163. The van der Waals surface area contributed by atoms with Gasteiger partial charge < -0.3 is 9.31 Å². The van der Waals surface area contributed by atoms with Crippen LogP contribution in [0.1, 0.15) is 27.7 Å². The summed E-state index contributed by atoms with van der Waals surface area (Å²) >= 11 is 0. The first-order valence-electron chi connectivity index (χ1n) is 4.28. The molecule has 0 unspecified atom stereocenters. The van der Waals surface area contributed by atoms with E-state index in [0.717, 1.165) is 0 Å². The van der Waals surface area contributed by atoms with Crippen molar-refractivity contribution in [3.8, 4) is 0 Å². The second-order valence-corrected chi connectivity index (χ2v) is 6.88. The van der Waals surface area contributed by atoms with Gasteiger partial charge in [-0.15, -0.1) is 0 Å². The zero-order chi connectivity index (χ0) is 9.57. The average molecular weight is 190 g/mol. The Morgan fingerprint density at radius 2 is 1.25 bits per heavy atom. The predicted octanol–water partition coefficient (Wildman–Crippen LogP) is 1.84. The van der Waals surface area contributed by atoms with Gasteiger partial charge in [-0.3, -0.25) is 0 Å². The van der Waals surface area contributed by atoms with E-state index in [9.17, 15) is 0 Å². The van der Waals surface area contributed by atoms with Crippen molar-refractivity contribution in [2.24, 2.45) is 0 Å². The van der Waals surface area contributed by atoms with Gasteiger partial charge in [0.05, 0.1) is 11.2 Å². The minimum Gasteiger partial charge on any atom is -0.395 e. The molecule has 0 N–H and O–H groups in total. The van der Waals surface area contributed by atoms with Gasteiger partial charge >= 0.3 is 6.40 Å². The fourth-order valence-corrected chi connectivity index (χ4v) is 1.97. The molecule has 12 heavy (non-hydrogen) atoms. The van der Waals surface area contributed by atoms with Crippen molar-refractivity contribution in [2.75, 3.05) is 12.5 Å². The Bertz CT molecular complexity index is 164. The molecule has 0 radical (unpaired) electrons. The molecule has 0 aromatic carbocycles. The Labute approximate surface area is 78.4 Å². The van der Waals surface area contributed by atoms with Crippen LogP contribution < -0.4 is 0 Å². The maximum atomic E-state index is 5.83. The van der Waals surface area contributed by atoms with Gasteiger partial charge in [-0.25, -0.2) is 10.7 Å². The first kappa shape index (κ1) is 10.4. The zero-order valence-electron chi connectivity index (χ0n) is 8.84. The molecule has 1 aliphatic heterocycles. The van der Waals surface area contributed by atoms with Crippen LogP contribution in [0.2, 0.25) is 0 Å². The van der Waals surface area contributed by atoms with Crippen LogP contribution in [0, 0.1) is 0 Å². The highest BCUT2D eigenvalue weighted by Crippen LogP contribution is 2.42. The molecule has 0 spiro atoms. The molecule has 1 heterocycles. The number of hydrogen-bond acceptors (Lipinski definition) is 2. The van der Waals surface area contributed by atoms with Crippen LogP contribution in [-0.4, -0.2) is 30.1 Å². The van der Waals surface area contributed by atoms with Crippen molar-refractivity contribution >= 4 is 17.1 Å². The van der Waals surface area contributed by atoms with Crippen molar-refractivity contribution in [1.82, 2.24) is 0 Å². The van der Waals surface area contributed by atoms with E-state index in [1.54, 1.807) is 0 Å². The Kier molecular flexibility index (Phi) is 2.54. The van der Waals surface area contributed by atoms with Gasteiger partial charge in [0.25, 0.3) is 0 Å². The lowest BCUT2D eigenvalue weighted by Crippen LogP contribution is -2.41. The Hall–Kier alpha value is 0.335. The molecule has 1 fully saturated rings. The van der Waals surface area contributed by atoms with Gasteiger partial charge in [-0.05, 0) is 40.2 Å². The minimum absolute atomic E-state index is 0.0185. The average Bonchev–Trinajstić information content (AvgIpc) is 2.03. The highest BCUT2D eigenvalue weighted by molar-refractivity contribution is 8.38. The first-order valence-corrected chi connectivity index (χ1v) is 6.59. The molecule has 0 amide bonds. The molecule has 0 bridgehead atoms. The van der Waals surface area contributed by atoms with Crippen molar-refractivity contribution in [3.05, 3.63) is 0 Å². The molecule has 0 saturated carbocycles. The number of hydrogen-bond donors (Lipinski definition) is 1. The van der Waals surface area contributed by atoms with Crippen molar-refractivity contribution in [1.29, 1.82) is 0 Å². The van der Waals surface area contributed by atoms with E-state index < -0.39 is 0 Å². The van der Waals surface area contributed by atoms with Crippen LogP contribution >= 0.6 is 10.7 Å². The van der Waals surface area contributed by atoms with Gasteiger partial charge in [0.2, 0.25) is 0 Å². The first-order chi connectivity index (χ1) is 5.26. The molecule has 0 aromatic rings. The molecule has 72 valence electrons. The fourth-order valence-electron chi connectivity index (χ4n) is 1.02.